The molecular weight excluding hydrogens is 252 g/mol. The maximum absolute atomic E-state index is 10.7. The number of rotatable bonds is 6. The summed E-state index contributed by atoms with van der Waals surface area (Å²) < 4.78 is 0. The molecule has 1 aromatic rings. The third-order valence-corrected chi connectivity index (χ3v) is 3.40. The fourth-order valence-corrected chi connectivity index (χ4v) is 2.23. The summed E-state index contributed by atoms with van der Waals surface area (Å²) in [6.45, 7) is 1.37. The highest BCUT2D eigenvalue weighted by atomic mass is 32.2. The van der Waals surface area contributed by atoms with E-state index >= 15 is 0 Å². The van der Waals surface area contributed by atoms with E-state index < -0.39 is 12.2 Å². The number of aliphatic hydroxyl groups is 3. The molecule has 0 aliphatic heterocycles. The molecule has 0 radical (unpaired) electrons. The lowest BCUT2D eigenvalue weighted by atomic mass is 10.0. The second-order valence-electron chi connectivity index (χ2n) is 4.04. The molecule has 0 amide bonds. The van der Waals surface area contributed by atoms with Gasteiger partial charge in [0.2, 0.25) is 0 Å². The molecule has 0 bridgehead atoms. The Bertz CT molecular complexity index is 394. The van der Waals surface area contributed by atoms with Crippen LogP contribution in [-0.2, 0) is 11.4 Å². The zero-order chi connectivity index (χ0) is 13.5. The van der Waals surface area contributed by atoms with E-state index in [2.05, 4.69) is 0 Å². The van der Waals surface area contributed by atoms with Crippen LogP contribution in [-0.4, -0.2) is 32.3 Å². The minimum absolute atomic E-state index is 0.000956. The van der Waals surface area contributed by atoms with E-state index in [1.54, 1.807) is 24.3 Å². The van der Waals surface area contributed by atoms with Crippen molar-refractivity contribution < 1.29 is 20.1 Å². The molecule has 0 saturated carbocycles. The van der Waals surface area contributed by atoms with Gasteiger partial charge in [0.15, 0.2) is 5.12 Å². The van der Waals surface area contributed by atoms with Gasteiger partial charge in [-0.1, -0.05) is 36.0 Å². The minimum atomic E-state index is -0.996. The van der Waals surface area contributed by atoms with Crippen LogP contribution in [0.2, 0.25) is 0 Å². The van der Waals surface area contributed by atoms with Crippen molar-refractivity contribution in [3.63, 3.8) is 0 Å². The first-order chi connectivity index (χ1) is 8.54. The van der Waals surface area contributed by atoms with E-state index in [1.807, 2.05) is 0 Å². The first-order valence-corrected chi connectivity index (χ1v) is 6.72. The molecular formula is C13H18O4S. The Morgan fingerprint density at radius 2 is 2.11 bits per heavy atom. The normalized spacial score (nSPS) is 14.2. The zero-order valence-corrected chi connectivity index (χ0v) is 11.1. The van der Waals surface area contributed by atoms with Gasteiger partial charge in [0.1, 0.15) is 6.10 Å². The third kappa shape index (κ3) is 4.78. The first kappa shape index (κ1) is 15.2. The summed E-state index contributed by atoms with van der Waals surface area (Å²) in [6, 6.07) is 6.83. The highest BCUT2D eigenvalue weighted by molar-refractivity contribution is 8.13. The van der Waals surface area contributed by atoms with Crippen LogP contribution in [0.3, 0.4) is 0 Å². The number of hydrogen-bond acceptors (Lipinski definition) is 5. The third-order valence-electron chi connectivity index (χ3n) is 2.56. The molecule has 0 aromatic heterocycles. The van der Waals surface area contributed by atoms with E-state index in [-0.39, 0.29) is 11.7 Å². The minimum Gasteiger partial charge on any atom is -0.392 e. The van der Waals surface area contributed by atoms with Gasteiger partial charge >= 0.3 is 0 Å². The molecule has 100 valence electrons. The molecule has 0 aliphatic rings. The Labute approximate surface area is 111 Å². The van der Waals surface area contributed by atoms with Crippen molar-refractivity contribution >= 4 is 16.9 Å². The first-order valence-electron chi connectivity index (χ1n) is 5.73. The van der Waals surface area contributed by atoms with Crippen LogP contribution in [0.5, 0.6) is 0 Å². The quantitative estimate of drug-likeness (QED) is 0.725. The summed E-state index contributed by atoms with van der Waals surface area (Å²) in [5.74, 6) is 0.479. The summed E-state index contributed by atoms with van der Waals surface area (Å²) in [7, 11) is 0. The molecule has 0 saturated heterocycles. The predicted molar refractivity (Wildman–Crippen MR) is 71.1 cm³/mol. The molecule has 2 atom stereocenters. The van der Waals surface area contributed by atoms with Crippen LogP contribution in [0.1, 0.15) is 30.6 Å². The van der Waals surface area contributed by atoms with Gasteiger partial charge in [-0.15, -0.1) is 0 Å². The van der Waals surface area contributed by atoms with Gasteiger partial charge < -0.3 is 15.3 Å². The van der Waals surface area contributed by atoms with E-state index in [1.165, 1.54) is 6.92 Å². The lowest BCUT2D eigenvalue weighted by Crippen LogP contribution is -2.19. The molecule has 0 heterocycles. The lowest BCUT2D eigenvalue weighted by Gasteiger charge is -2.18. The topological polar surface area (TPSA) is 77.8 Å². The number of benzene rings is 1. The van der Waals surface area contributed by atoms with Crippen LogP contribution in [0.25, 0.3) is 0 Å². The lowest BCUT2D eigenvalue weighted by molar-refractivity contribution is -0.109. The van der Waals surface area contributed by atoms with Crippen molar-refractivity contribution in [3.05, 3.63) is 35.4 Å². The highest BCUT2D eigenvalue weighted by Gasteiger charge is 2.18. The van der Waals surface area contributed by atoms with Crippen LogP contribution in [0.4, 0.5) is 0 Å². The van der Waals surface area contributed by atoms with Gasteiger partial charge in [0.05, 0.1) is 12.7 Å². The molecule has 18 heavy (non-hydrogen) atoms. The second-order valence-corrected chi connectivity index (χ2v) is 5.32. The number of carbonyl (C=O) groups is 1. The van der Waals surface area contributed by atoms with Crippen molar-refractivity contribution in [3.8, 4) is 0 Å². The molecule has 0 spiro atoms. The second kappa shape index (κ2) is 7.53. The largest absolute Gasteiger partial charge is 0.392 e. The van der Waals surface area contributed by atoms with Crippen molar-refractivity contribution in [2.75, 3.05) is 5.75 Å². The van der Waals surface area contributed by atoms with Gasteiger partial charge in [-0.25, -0.2) is 0 Å². The zero-order valence-electron chi connectivity index (χ0n) is 10.2. The molecule has 0 aliphatic carbocycles. The number of hydrogen-bond donors (Lipinski definition) is 3. The van der Waals surface area contributed by atoms with Crippen LogP contribution >= 0.6 is 11.8 Å². The molecule has 2 unspecified atom stereocenters. The fourth-order valence-electron chi connectivity index (χ4n) is 1.58. The van der Waals surface area contributed by atoms with Crippen molar-refractivity contribution in [2.45, 2.75) is 32.2 Å². The molecule has 4 nitrogen and oxygen atoms in total. The smallest absolute Gasteiger partial charge is 0.185 e. The number of aliphatic hydroxyl groups excluding tert-OH is 3. The maximum Gasteiger partial charge on any atom is 0.185 e. The van der Waals surface area contributed by atoms with E-state index in [9.17, 15) is 15.0 Å². The molecule has 1 rings (SSSR count). The summed E-state index contributed by atoms with van der Waals surface area (Å²) in [4.78, 5) is 10.7. The molecule has 0 fully saturated rings. The Morgan fingerprint density at radius 3 is 2.72 bits per heavy atom. The average molecular weight is 270 g/mol. The summed E-state index contributed by atoms with van der Waals surface area (Å²) in [5, 5.41) is 28.8. The highest BCUT2D eigenvalue weighted by Crippen LogP contribution is 2.21. The summed E-state index contributed by atoms with van der Waals surface area (Å²) in [6.07, 6.45) is -1.57. The Kier molecular flexibility index (Phi) is 6.35. The maximum atomic E-state index is 10.7. The van der Waals surface area contributed by atoms with E-state index in [0.29, 0.717) is 23.3 Å². The van der Waals surface area contributed by atoms with Crippen molar-refractivity contribution in [1.29, 1.82) is 0 Å². The average Bonchev–Trinajstić information content (AvgIpc) is 2.37. The standard InChI is InChI=1S/C13H18O4S/c1-9(15)18-6-5-12(16)13(17)11-4-2-3-10(7-11)8-14/h2-4,7,12-14,16-17H,5-6,8H2,1H3. The van der Waals surface area contributed by atoms with Gasteiger partial charge in [-0.3, -0.25) is 4.79 Å². The van der Waals surface area contributed by atoms with Gasteiger partial charge in [-0.05, 0) is 17.5 Å². The summed E-state index contributed by atoms with van der Waals surface area (Å²) >= 11 is 1.13. The van der Waals surface area contributed by atoms with E-state index in [0.717, 1.165) is 11.8 Å². The monoisotopic (exact) mass is 270 g/mol. The van der Waals surface area contributed by atoms with Gasteiger partial charge in [0.25, 0.3) is 0 Å². The van der Waals surface area contributed by atoms with E-state index in [4.69, 9.17) is 5.11 Å². The van der Waals surface area contributed by atoms with Gasteiger partial charge in [-0.2, -0.15) is 0 Å². The van der Waals surface area contributed by atoms with Crippen LogP contribution in [0, 0.1) is 0 Å². The van der Waals surface area contributed by atoms with Crippen LogP contribution < -0.4 is 0 Å². The fraction of sp³-hybridized carbons (Fsp3) is 0.462. The number of carbonyl (C=O) groups excluding carboxylic acids is 1. The number of thioether (sulfide) groups is 1. The predicted octanol–water partition coefficient (Wildman–Crippen LogP) is 1.24. The Morgan fingerprint density at radius 1 is 1.39 bits per heavy atom. The molecule has 5 heteroatoms. The van der Waals surface area contributed by atoms with Crippen molar-refractivity contribution in [2.24, 2.45) is 0 Å². The van der Waals surface area contributed by atoms with Crippen molar-refractivity contribution in [1.82, 2.24) is 0 Å². The van der Waals surface area contributed by atoms with Crippen LogP contribution in [0.15, 0.2) is 24.3 Å². The molecule has 3 N–H and O–H groups in total. The molecule has 1 aromatic carbocycles. The Balaban J connectivity index is 2.56. The Hall–Kier alpha value is -0.880. The summed E-state index contributed by atoms with van der Waals surface area (Å²) in [5.41, 5.74) is 1.26. The van der Waals surface area contributed by atoms with Gasteiger partial charge in [0, 0.05) is 12.7 Å². The SMILES string of the molecule is CC(=O)SCCC(O)C(O)c1cccc(CO)c1.